The molecule has 3 N–H and O–H groups in total. The number of nitrogens with two attached hydrogens (primary N) is 1. The molecule has 34 heavy (non-hydrogen) atoms. The summed E-state index contributed by atoms with van der Waals surface area (Å²) < 4.78 is 13.3. The lowest BCUT2D eigenvalue weighted by Crippen LogP contribution is -2.40. The van der Waals surface area contributed by atoms with Crippen molar-refractivity contribution in [2.24, 2.45) is 16.6 Å². The van der Waals surface area contributed by atoms with Gasteiger partial charge in [0.15, 0.2) is 16.7 Å². The summed E-state index contributed by atoms with van der Waals surface area (Å²) in [4.78, 5) is 38.8. The van der Waals surface area contributed by atoms with Crippen LogP contribution < -0.4 is 16.0 Å². The quantitative estimate of drug-likeness (QED) is 0.552. The highest BCUT2D eigenvalue weighted by Gasteiger charge is 2.50. The Kier molecular flexibility index (Phi) is 5.54. The zero-order chi connectivity index (χ0) is 23.7. The number of thioether (sulfide) groups is 1. The highest BCUT2D eigenvalue weighted by Crippen LogP contribution is 2.46. The number of aromatic nitrogens is 4. The Morgan fingerprint density at radius 2 is 2.06 bits per heavy atom. The van der Waals surface area contributed by atoms with Gasteiger partial charge in [0.25, 0.3) is 11.7 Å². The molecule has 5 rings (SSSR count). The zero-order valence-corrected chi connectivity index (χ0v) is 18.5. The smallest absolute Gasteiger partial charge is 0.288 e. The maximum absolute atomic E-state index is 13.3. The van der Waals surface area contributed by atoms with Gasteiger partial charge in [0.1, 0.15) is 11.7 Å². The number of halogens is 1. The molecule has 2 aliphatic rings. The lowest BCUT2D eigenvalue weighted by Gasteiger charge is -2.34. The number of hydrogen-bond acceptors (Lipinski definition) is 9. The molecule has 4 heterocycles. The van der Waals surface area contributed by atoms with Gasteiger partial charge in [0, 0.05) is 23.9 Å². The molecular weight excluding hydrogens is 457 g/mol. The normalized spacial score (nSPS) is 21.4. The zero-order valence-electron chi connectivity index (χ0n) is 17.7. The first kappa shape index (κ1) is 21.7. The van der Waals surface area contributed by atoms with Crippen LogP contribution in [0.5, 0.6) is 0 Å². The van der Waals surface area contributed by atoms with Crippen LogP contribution in [0.15, 0.2) is 54.0 Å². The largest absolute Gasteiger partial charge is 0.379 e. The van der Waals surface area contributed by atoms with Crippen LogP contribution >= 0.6 is 11.8 Å². The van der Waals surface area contributed by atoms with Gasteiger partial charge in [-0.2, -0.15) is 0 Å². The van der Waals surface area contributed by atoms with Crippen molar-refractivity contribution in [3.63, 3.8) is 0 Å². The predicted octanol–water partition coefficient (Wildman–Crippen LogP) is 2.60. The van der Waals surface area contributed by atoms with Gasteiger partial charge >= 0.3 is 0 Å². The number of carbonyl (C=O) groups excluding carboxylic acids is 1. The predicted molar refractivity (Wildman–Crippen MR) is 126 cm³/mol. The van der Waals surface area contributed by atoms with Crippen molar-refractivity contribution in [3.8, 4) is 0 Å². The molecule has 0 aliphatic carbocycles. The summed E-state index contributed by atoms with van der Waals surface area (Å²) >= 11 is 1.50. The highest BCUT2D eigenvalue weighted by molar-refractivity contribution is 8.13. The number of fused-ring (bicyclic) bond motifs is 1. The first-order chi connectivity index (χ1) is 16.5. The summed E-state index contributed by atoms with van der Waals surface area (Å²) in [5, 5.41) is 3.32. The molecule has 1 amide bonds. The van der Waals surface area contributed by atoms with E-state index in [0.717, 1.165) is 23.7 Å². The number of nitrogens with zero attached hydrogens (tertiary/aromatic N) is 7. The molecule has 2 aliphatic heterocycles. The van der Waals surface area contributed by atoms with Crippen LogP contribution in [-0.2, 0) is 5.54 Å². The Bertz CT molecular complexity index is 1310. The van der Waals surface area contributed by atoms with E-state index in [0.29, 0.717) is 29.9 Å². The average Bonchev–Trinajstić information content (AvgIpc) is 3.24. The van der Waals surface area contributed by atoms with Crippen molar-refractivity contribution in [1.82, 2.24) is 19.9 Å². The van der Waals surface area contributed by atoms with Gasteiger partial charge < -0.3 is 20.8 Å². The number of nitrogens with one attached hydrogen (secondary N) is 1. The minimum Gasteiger partial charge on any atom is -0.379 e. The average molecular weight is 476 g/mol. The molecule has 12 heteroatoms. The first-order valence-electron chi connectivity index (χ1n) is 10.3. The monoisotopic (exact) mass is 475 g/mol. The van der Waals surface area contributed by atoms with E-state index < -0.39 is 17.3 Å². The summed E-state index contributed by atoms with van der Waals surface area (Å²) in [6, 6.07) is 7.44. The fourth-order valence-electron chi connectivity index (χ4n) is 4.20. The summed E-state index contributed by atoms with van der Waals surface area (Å²) in [5.41, 5.74) is 7.04. The van der Waals surface area contributed by atoms with Crippen molar-refractivity contribution in [1.29, 1.82) is 0 Å². The first-order valence-corrected chi connectivity index (χ1v) is 11.3. The molecule has 0 radical (unpaired) electrons. The standard InChI is InChI=1S/C22H18FN9OS/c1-25-18-9-26-17(8-27-18)19(33)30-16-4-2-3-13(5-16)22-12-32(21-28-6-15(23)7-29-21)10-14(22)11-34-20(24)31-22/h2-9,14H,10-12H2,(H2,24,31)(H,30,33)/t14-,22+/m0/s1. The Labute approximate surface area is 198 Å². The number of carbonyl (C=O) groups is 1. The minimum absolute atomic E-state index is 0.102. The van der Waals surface area contributed by atoms with E-state index in [-0.39, 0.29) is 17.4 Å². The van der Waals surface area contributed by atoms with E-state index in [2.05, 4.69) is 30.1 Å². The van der Waals surface area contributed by atoms with Crippen LogP contribution in [0.3, 0.4) is 0 Å². The lowest BCUT2D eigenvalue weighted by molar-refractivity contribution is 0.102. The van der Waals surface area contributed by atoms with Crippen LogP contribution in [0.4, 0.5) is 21.8 Å². The van der Waals surface area contributed by atoms with E-state index in [1.165, 1.54) is 24.2 Å². The van der Waals surface area contributed by atoms with E-state index in [1.54, 1.807) is 6.07 Å². The molecule has 0 bridgehead atoms. The number of rotatable bonds is 4. The fraction of sp³-hybridized carbons (Fsp3) is 0.227. The number of anilines is 2. The van der Waals surface area contributed by atoms with Crippen LogP contribution in [0, 0.1) is 18.3 Å². The topological polar surface area (TPSA) is 127 Å². The van der Waals surface area contributed by atoms with Crippen molar-refractivity contribution in [3.05, 3.63) is 77.5 Å². The molecule has 3 aromatic rings. The minimum atomic E-state index is -0.662. The summed E-state index contributed by atoms with van der Waals surface area (Å²) in [5.74, 6) is 0.476. The van der Waals surface area contributed by atoms with Crippen molar-refractivity contribution >= 4 is 40.3 Å². The van der Waals surface area contributed by atoms with E-state index in [9.17, 15) is 9.18 Å². The third-order valence-corrected chi connectivity index (χ3v) is 6.74. The van der Waals surface area contributed by atoms with Crippen molar-refractivity contribution in [2.45, 2.75) is 5.54 Å². The molecule has 0 spiro atoms. The fourth-order valence-corrected chi connectivity index (χ4v) is 5.18. The second-order valence-electron chi connectivity index (χ2n) is 7.87. The molecule has 1 fully saturated rings. The van der Waals surface area contributed by atoms with Gasteiger partial charge in [0.2, 0.25) is 5.95 Å². The maximum atomic E-state index is 13.3. The molecule has 1 saturated heterocycles. The number of amides is 1. The number of benzene rings is 1. The Balaban J connectivity index is 1.44. The number of aliphatic imine (C=N–C) groups is 1. The molecule has 10 nitrogen and oxygen atoms in total. The second kappa shape index (κ2) is 8.68. The highest BCUT2D eigenvalue weighted by atomic mass is 32.2. The van der Waals surface area contributed by atoms with Gasteiger partial charge in [-0.1, -0.05) is 30.5 Å². The van der Waals surface area contributed by atoms with E-state index in [4.69, 9.17) is 17.3 Å². The number of hydrogen-bond donors (Lipinski definition) is 2. The summed E-state index contributed by atoms with van der Waals surface area (Å²) in [7, 11) is 0. The Morgan fingerprint density at radius 1 is 1.24 bits per heavy atom. The van der Waals surface area contributed by atoms with Crippen LogP contribution in [0.1, 0.15) is 16.1 Å². The number of amidine groups is 1. The molecule has 2 aromatic heterocycles. The molecular formula is C22H18FN9OS. The maximum Gasteiger partial charge on any atom is 0.288 e. The summed E-state index contributed by atoms with van der Waals surface area (Å²) in [6.45, 7) is 8.04. The third-order valence-electron chi connectivity index (χ3n) is 5.79. The van der Waals surface area contributed by atoms with Gasteiger partial charge in [-0.15, -0.1) is 4.98 Å². The van der Waals surface area contributed by atoms with Gasteiger partial charge in [-0.05, 0) is 17.7 Å². The van der Waals surface area contributed by atoms with Gasteiger partial charge in [0.05, 0.1) is 25.1 Å². The van der Waals surface area contributed by atoms with Crippen molar-refractivity contribution < 1.29 is 9.18 Å². The Morgan fingerprint density at radius 3 is 2.79 bits per heavy atom. The van der Waals surface area contributed by atoms with Crippen molar-refractivity contribution in [2.75, 3.05) is 29.1 Å². The van der Waals surface area contributed by atoms with E-state index >= 15 is 0 Å². The lowest BCUT2D eigenvalue weighted by atomic mass is 9.81. The van der Waals surface area contributed by atoms with E-state index in [1.807, 2.05) is 23.1 Å². The molecule has 2 atom stereocenters. The van der Waals surface area contributed by atoms with Crippen LogP contribution in [0.25, 0.3) is 4.85 Å². The van der Waals surface area contributed by atoms with Gasteiger partial charge in [-0.3, -0.25) is 9.78 Å². The van der Waals surface area contributed by atoms with Crippen LogP contribution in [-0.4, -0.2) is 49.9 Å². The second-order valence-corrected chi connectivity index (χ2v) is 8.91. The van der Waals surface area contributed by atoms with Gasteiger partial charge in [-0.25, -0.2) is 19.4 Å². The molecule has 170 valence electrons. The molecule has 0 saturated carbocycles. The van der Waals surface area contributed by atoms with Crippen LogP contribution in [0.2, 0.25) is 0 Å². The third kappa shape index (κ3) is 4.01. The molecule has 1 aromatic carbocycles. The summed E-state index contributed by atoms with van der Waals surface area (Å²) in [6.07, 6.45) is 4.81. The Hall–Kier alpha value is -4.11. The SMILES string of the molecule is [C-]#[N+]c1cnc(C(=O)Nc2cccc([C@]34CN(c5ncc(F)cn5)C[C@H]3CSC(N)=N4)c2)cn1. The molecule has 0 unspecified atom stereocenters.